The number of rotatable bonds is 4. The van der Waals surface area contributed by atoms with Crippen molar-refractivity contribution in [2.75, 3.05) is 0 Å². The minimum atomic E-state index is -1.14. The number of hydrogen-bond acceptors (Lipinski definition) is 3. The molecular formula is C13H9F2NO3. The largest absolute Gasteiger partial charge is 0.467 e. The predicted molar refractivity (Wildman–Crippen MR) is 61.2 cm³/mol. The van der Waals surface area contributed by atoms with Crippen molar-refractivity contribution in [3.8, 4) is 0 Å². The summed E-state index contributed by atoms with van der Waals surface area (Å²) in [5.41, 5.74) is -0.600. The van der Waals surface area contributed by atoms with Gasteiger partial charge in [0.25, 0.3) is 11.7 Å². The number of furan rings is 1. The Labute approximate surface area is 107 Å². The fraction of sp³-hybridized carbons (Fsp3) is 0.0769. The Balaban J connectivity index is 2.06. The van der Waals surface area contributed by atoms with Gasteiger partial charge in [0, 0.05) is 0 Å². The summed E-state index contributed by atoms with van der Waals surface area (Å²) < 4.78 is 31.2. The summed E-state index contributed by atoms with van der Waals surface area (Å²) in [4.78, 5) is 23.1. The van der Waals surface area contributed by atoms with Gasteiger partial charge in [-0.3, -0.25) is 9.59 Å². The molecule has 1 aromatic carbocycles. The normalized spacial score (nSPS) is 10.2. The second-order valence-corrected chi connectivity index (χ2v) is 3.72. The van der Waals surface area contributed by atoms with Crippen LogP contribution in [0.5, 0.6) is 0 Å². The number of carbonyl (C=O) groups excluding carboxylic acids is 2. The van der Waals surface area contributed by atoms with Crippen LogP contribution in [0.3, 0.4) is 0 Å². The molecule has 0 bridgehead atoms. The minimum Gasteiger partial charge on any atom is -0.467 e. The molecule has 19 heavy (non-hydrogen) atoms. The van der Waals surface area contributed by atoms with Gasteiger partial charge in [0.05, 0.1) is 18.4 Å². The summed E-state index contributed by atoms with van der Waals surface area (Å²) in [7, 11) is 0. The maximum atomic E-state index is 13.3. The molecule has 2 rings (SSSR count). The highest BCUT2D eigenvalue weighted by atomic mass is 19.1. The number of nitrogens with one attached hydrogen (secondary N) is 1. The molecule has 98 valence electrons. The highest BCUT2D eigenvalue weighted by Crippen LogP contribution is 2.10. The third-order valence-corrected chi connectivity index (χ3v) is 2.38. The van der Waals surface area contributed by atoms with Crippen molar-refractivity contribution in [3.05, 3.63) is 59.6 Å². The molecule has 0 unspecified atom stereocenters. The molecule has 0 aliphatic rings. The first kappa shape index (κ1) is 12.9. The Kier molecular flexibility index (Phi) is 3.70. The Bertz CT molecular complexity index is 608. The van der Waals surface area contributed by atoms with Crippen LogP contribution in [0.1, 0.15) is 16.1 Å². The number of carbonyl (C=O) groups is 2. The van der Waals surface area contributed by atoms with Gasteiger partial charge in [-0.05, 0) is 30.3 Å². The monoisotopic (exact) mass is 265 g/mol. The number of benzene rings is 1. The van der Waals surface area contributed by atoms with Gasteiger partial charge in [0.1, 0.15) is 17.4 Å². The third kappa shape index (κ3) is 3.04. The second kappa shape index (κ2) is 5.43. The van der Waals surface area contributed by atoms with Gasteiger partial charge >= 0.3 is 0 Å². The van der Waals surface area contributed by atoms with E-state index in [4.69, 9.17) is 4.42 Å². The van der Waals surface area contributed by atoms with Gasteiger partial charge in [0.15, 0.2) is 0 Å². The smallest absolute Gasteiger partial charge is 0.292 e. The molecule has 1 heterocycles. The lowest BCUT2D eigenvalue weighted by atomic mass is 10.1. The van der Waals surface area contributed by atoms with Crippen LogP contribution in [-0.4, -0.2) is 11.7 Å². The lowest BCUT2D eigenvalue weighted by molar-refractivity contribution is -0.117. The SMILES string of the molecule is O=C(NCc1ccco1)C(=O)c1cc(F)ccc1F. The van der Waals surface area contributed by atoms with E-state index >= 15 is 0 Å². The molecule has 0 spiro atoms. The second-order valence-electron chi connectivity index (χ2n) is 3.72. The van der Waals surface area contributed by atoms with Crippen LogP contribution >= 0.6 is 0 Å². The molecule has 6 heteroatoms. The zero-order valence-electron chi connectivity index (χ0n) is 9.65. The fourth-order valence-electron chi connectivity index (χ4n) is 1.45. The number of hydrogen-bond donors (Lipinski definition) is 1. The Morgan fingerprint density at radius 3 is 2.68 bits per heavy atom. The van der Waals surface area contributed by atoms with E-state index in [0.29, 0.717) is 11.8 Å². The van der Waals surface area contributed by atoms with E-state index < -0.39 is 28.9 Å². The summed E-state index contributed by atoms with van der Waals surface area (Å²) in [5, 5.41) is 2.26. The van der Waals surface area contributed by atoms with Gasteiger partial charge in [-0.2, -0.15) is 0 Å². The quantitative estimate of drug-likeness (QED) is 0.680. The number of ketones is 1. The summed E-state index contributed by atoms with van der Waals surface area (Å²) >= 11 is 0. The zero-order chi connectivity index (χ0) is 13.8. The molecule has 0 radical (unpaired) electrons. The lowest BCUT2D eigenvalue weighted by Gasteiger charge is -2.03. The van der Waals surface area contributed by atoms with Crippen molar-refractivity contribution in [2.45, 2.75) is 6.54 Å². The maximum absolute atomic E-state index is 13.3. The fourth-order valence-corrected chi connectivity index (χ4v) is 1.45. The summed E-state index contributed by atoms with van der Waals surface area (Å²) in [6.45, 7) is -0.00545. The average molecular weight is 265 g/mol. The average Bonchev–Trinajstić information content (AvgIpc) is 2.91. The van der Waals surface area contributed by atoms with Gasteiger partial charge in [0.2, 0.25) is 0 Å². The third-order valence-electron chi connectivity index (χ3n) is 2.38. The molecule has 0 saturated heterocycles. The Morgan fingerprint density at radius 1 is 1.21 bits per heavy atom. The zero-order valence-corrected chi connectivity index (χ0v) is 9.65. The van der Waals surface area contributed by atoms with Crippen LogP contribution in [-0.2, 0) is 11.3 Å². The standard InChI is InChI=1S/C13H9F2NO3/c14-8-3-4-11(15)10(6-8)12(17)13(18)16-7-9-2-1-5-19-9/h1-6H,7H2,(H,16,18). The Morgan fingerprint density at radius 2 is 2.00 bits per heavy atom. The lowest BCUT2D eigenvalue weighted by Crippen LogP contribution is -2.31. The summed E-state index contributed by atoms with van der Waals surface area (Å²) in [6, 6.07) is 5.57. The van der Waals surface area contributed by atoms with E-state index in [-0.39, 0.29) is 6.54 Å². The number of amides is 1. The van der Waals surface area contributed by atoms with Crippen LogP contribution in [0.25, 0.3) is 0 Å². The molecule has 0 saturated carbocycles. The molecular weight excluding hydrogens is 256 g/mol. The van der Waals surface area contributed by atoms with Crippen molar-refractivity contribution >= 4 is 11.7 Å². The highest BCUT2D eigenvalue weighted by Gasteiger charge is 2.20. The van der Waals surface area contributed by atoms with E-state index in [1.807, 2.05) is 0 Å². The molecule has 1 aromatic heterocycles. The van der Waals surface area contributed by atoms with E-state index in [2.05, 4.69) is 5.32 Å². The van der Waals surface area contributed by atoms with Gasteiger partial charge in [-0.25, -0.2) is 8.78 Å². The molecule has 0 aliphatic heterocycles. The molecule has 0 atom stereocenters. The van der Waals surface area contributed by atoms with Crippen molar-refractivity contribution in [2.24, 2.45) is 0 Å². The van der Waals surface area contributed by atoms with Crippen molar-refractivity contribution in [3.63, 3.8) is 0 Å². The van der Waals surface area contributed by atoms with E-state index in [0.717, 1.165) is 12.1 Å². The van der Waals surface area contributed by atoms with Crippen LogP contribution in [0.15, 0.2) is 41.0 Å². The summed E-state index contributed by atoms with van der Waals surface area (Å²) in [6.07, 6.45) is 1.41. The van der Waals surface area contributed by atoms with Crippen molar-refractivity contribution in [1.29, 1.82) is 0 Å². The van der Waals surface area contributed by atoms with Crippen LogP contribution < -0.4 is 5.32 Å². The number of Topliss-reactive ketones (excluding diaryl/α,β-unsaturated/α-hetero) is 1. The van der Waals surface area contributed by atoms with E-state index in [9.17, 15) is 18.4 Å². The minimum absolute atomic E-state index is 0.00545. The molecule has 1 amide bonds. The van der Waals surface area contributed by atoms with Crippen molar-refractivity contribution in [1.82, 2.24) is 5.32 Å². The molecule has 4 nitrogen and oxygen atoms in total. The van der Waals surface area contributed by atoms with Crippen LogP contribution in [0.4, 0.5) is 8.78 Å². The van der Waals surface area contributed by atoms with Gasteiger partial charge in [-0.15, -0.1) is 0 Å². The topological polar surface area (TPSA) is 59.3 Å². The highest BCUT2D eigenvalue weighted by molar-refractivity contribution is 6.42. The van der Waals surface area contributed by atoms with E-state index in [1.54, 1.807) is 12.1 Å². The van der Waals surface area contributed by atoms with Crippen molar-refractivity contribution < 1.29 is 22.8 Å². The first-order chi connectivity index (χ1) is 9.08. The molecule has 0 aliphatic carbocycles. The Hall–Kier alpha value is -2.50. The molecule has 0 fully saturated rings. The summed E-state index contributed by atoms with van der Waals surface area (Å²) in [5.74, 6) is -3.45. The van der Waals surface area contributed by atoms with E-state index in [1.165, 1.54) is 6.26 Å². The predicted octanol–water partition coefficient (Wildman–Crippen LogP) is 2.06. The first-order valence-electron chi connectivity index (χ1n) is 5.38. The first-order valence-corrected chi connectivity index (χ1v) is 5.38. The van der Waals surface area contributed by atoms with Crippen LogP contribution in [0.2, 0.25) is 0 Å². The molecule has 2 aromatic rings. The van der Waals surface area contributed by atoms with Gasteiger partial charge in [-0.1, -0.05) is 0 Å². The number of halogens is 2. The van der Waals surface area contributed by atoms with Crippen LogP contribution in [0, 0.1) is 11.6 Å². The molecule has 1 N–H and O–H groups in total. The van der Waals surface area contributed by atoms with Gasteiger partial charge < -0.3 is 9.73 Å². The maximum Gasteiger partial charge on any atom is 0.292 e.